The summed E-state index contributed by atoms with van der Waals surface area (Å²) >= 11 is 0. The first kappa shape index (κ1) is 17.2. The van der Waals surface area contributed by atoms with Gasteiger partial charge in [0.05, 0.1) is 13.2 Å². The summed E-state index contributed by atoms with van der Waals surface area (Å²) in [5.41, 5.74) is 0.440. The van der Waals surface area contributed by atoms with Crippen molar-refractivity contribution in [3.63, 3.8) is 0 Å². The van der Waals surface area contributed by atoms with Crippen LogP contribution in [0.15, 0.2) is 0 Å². The number of piperidine rings is 1. The molecule has 0 aromatic carbocycles. The minimum Gasteiger partial charge on any atom is -0.396 e. The van der Waals surface area contributed by atoms with Crippen molar-refractivity contribution in [2.45, 2.75) is 39.0 Å². The highest BCUT2D eigenvalue weighted by atomic mass is 16.5. The molecule has 3 aliphatic rings. The van der Waals surface area contributed by atoms with E-state index in [1.165, 1.54) is 12.8 Å². The van der Waals surface area contributed by atoms with E-state index in [9.17, 15) is 9.90 Å². The van der Waals surface area contributed by atoms with Crippen LogP contribution in [0, 0.1) is 17.3 Å². The number of morpholine rings is 1. The maximum Gasteiger partial charge on any atom is 0.222 e. The van der Waals surface area contributed by atoms with Gasteiger partial charge in [-0.2, -0.15) is 0 Å². The van der Waals surface area contributed by atoms with Crippen LogP contribution in [0.1, 0.15) is 39.0 Å². The molecular weight excluding hydrogens is 292 g/mol. The minimum atomic E-state index is 0.196. The predicted molar refractivity (Wildman–Crippen MR) is 89.1 cm³/mol. The maximum absolute atomic E-state index is 12.6. The summed E-state index contributed by atoms with van der Waals surface area (Å²) in [6, 6.07) is 0. The lowest BCUT2D eigenvalue weighted by Gasteiger charge is -2.40. The Morgan fingerprint density at radius 3 is 2.57 bits per heavy atom. The van der Waals surface area contributed by atoms with Crippen molar-refractivity contribution >= 4 is 5.91 Å². The number of ether oxygens (including phenoxy) is 1. The van der Waals surface area contributed by atoms with Gasteiger partial charge in [0.15, 0.2) is 0 Å². The van der Waals surface area contributed by atoms with Crippen molar-refractivity contribution in [2.75, 3.05) is 52.5 Å². The Morgan fingerprint density at radius 2 is 1.91 bits per heavy atom. The van der Waals surface area contributed by atoms with Crippen molar-refractivity contribution in [2.24, 2.45) is 17.3 Å². The standard InChI is InChI=1S/C18H32N2O3/c1-18(4-5-18)3-2-17(22)20-12-15(10-16(13-20)14-21)11-19-6-8-23-9-7-19/h15-16,21H,2-14H2,1H3/t15-,16+/m1/s1. The highest BCUT2D eigenvalue weighted by molar-refractivity contribution is 5.76. The first-order valence-corrected chi connectivity index (χ1v) is 9.27. The molecule has 5 heteroatoms. The largest absolute Gasteiger partial charge is 0.396 e. The molecule has 0 aromatic rings. The average Bonchev–Trinajstić information content (AvgIpc) is 3.31. The fourth-order valence-corrected chi connectivity index (χ4v) is 3.97. The number of aliphatic hydroxyl groups is 1. The van der Waals surface area contributed by atoms with Crippen LogP contribution >= 0.6 is 0 Å². The lowest BCUT2D eigenvalue weighted by atomic mass is 9.88. The van der Waals surface area contributed by atoms with Gasteiger partial charge in [0, 0.05) is 45.8 Å². The molecule has 0 radical (unpaired) electrons. The normalized spacial score (nSPS) is 31.1. The van der Waals surface area contributed by atoms with E-state index >= 15 is 0 Å². The Balaban J connectivity index is 1.51. The number of rotatable bonds is 6. The number of nitrogens with zero attached hydrogens (tertiary/aromatic N) is 2. The summed E-state index contributed by atoms with van der Waals surface area (Å²) in [5.74, 6) is 1.03. The van der Waals surface area contributed by atoms with Gasteiger partial charge in [0.2, 0.25) is 5.91 Å². The molecule has 3 fully saturated rings. The Morgan fingerprint density at radius 1 is 1.22 bits per heavy atom. The molecule has 23 heavy (non-hydrogen) atoms. The molecule has 3 rings (SSSR count). The zero-order valence-electron chi connectivity index (χ0n) is 14.5. The number of hydrogen-bond acceptors (Lipinski definition) is 4. The molecule has 0 bridgehead atoms. The first-order chi connectivity index (χ1) is 11.1. The monoisotopic (exact) mass is 324 g/mol. The first-order valence-electron chi connectivity index (χ1n) is 9.27. The second kappa shape index (κ2) is 7.49. The topological polar surface area (TPSA) is 53.0 Å². The number of likely N-dealkylation sites (tertiary alicyclic amines) is 1. The molecule has 132 valence electrons. The van der Waals surface area contributed by atoms with Gasteiger partial charge in [0.1, 0.15) is 0 Å². The molecule has 1 N–H and O–H groups in total. The molecule has 2 atom stereocenters. The summed E-state index contributed by atoms with van der Waals surface area (Å²) in [5, 5.41) is 9.61. The Hall–Kier alpha value is -0.650. The molecule has 0 spiro atoms. The highest BCUT2D eigenvalue weighted by Gasteiger charge is 2.38. The van der Waals surface area contributed by atoms with Crippen LogP contribution in [-0.4, -0.2) is 73.4 Å². The zero-order chi connectivity index (χ0) is 16.3. The SMILES string of the molecule is CC1(CCC(=O)N2C[C@@H](CN3CCOCC3)C[C@H](CO)C2)CC1. The molecule has 1 amide bonds. The molecule has 1 aliphatic carbocycles. The van der Waals surface area contributed by atoms with Gasteiger partial charge >= 0.3 is 0 Å². The second-order valence-electron chi connectivity index (χ2n) is 8.17. The van der Waals surface area contributed by atoms with Crippen LogP contribution in [0.2, 0.25) is 0 Å². The third-order valence-electron chi connectivity index (χ3n) is 5.90. The number of aliphatic hydroxyl groups excluding tert-OH is 1. The van der Waals surface area contributed by atoms with Gasteiger partial charge in [-0.25, -0.2) is 0 Å². The van der Waals surface area contributed by atoms with E-state index in [0.717, 1.165) is 58.8 Å². The molecule has 1 saturated carbocycles. The zero-order valence-corrected chi connectivity index (χ0v) is 14.5. The van der Waals surface area contributed by atoms with Gasteiger partial charge in [-0.05, 0) is 42.9 Å². The van der Waals surface area contributed by atoms with E-state index in [4.69, 9.17) is 4.74 Å². The third-order valence-corrected chi connectivity index (χ3v) is 5.90. The number of hydrogen-bond donors (Lipinski definition) is 1. The van der Waals surface area contributed by atoms with Crippen LogP contribution in [0.25, 0.3) is 0 Å². The molecule has 5 nitrogen and oxygen atoms in total. The fourth-order valence-electron chi connectivity index (χ4n) is 3.97. The van der Waals surface area contributed by atoms with Crippen LogP contribution in [0.3, 0.4) is 0 Å². The van der Waals surface area contributed by atoms with E-state index in [1.807, 2.05) is 4.90 Å². The minimum absolute atomic E-state index is 0.196. The van der Waals surface area contributed by atoms with E-state index in [2.05, 4.69) is 11.8 Å². The van der Waals surface area contributed by atoms with Crippen LogP contribution in [0.4, 0.5) is 0 Å². The highest BCUT2D eigenvalue weighted by Crippen LogP contribution is 2.49. The summed E-state index contributed by atoms with van der Waals surface area (Å²) in [7, 11) is 0. The van der Waals surface area contributed by atoms with Crippen LogP contribution in [0.5, 0.6) is 0 Å². The van der Waals surface area contributed by atoms with E-state index in [1.54, 1.807) is 0 Å². The molecule has 0 unspecified atom stereocenters. The fraction of sp³-hybridized carbons (Fsp3) is 0.944. The molecule has 0 aromatic heterocycles. The number of carbonyl (C=O) groups excluding carboxylic acids is 1. The number of carbonyl (C=O) groups is 1. The molecule has 2 aliphatic heterocycles. The Kier molecular flexibility index (Phi) is 5.60. The lowest BCUT2D eigenvalue weighted by molar-refractivity contribution is -0.135. The molecule has 2 saturated heterocycles. The Labute approximate surface area is 140 Å². The third kappa shape index (κ3) is 4.91. The van der Waals surface area contributed by atoms with Crippen molar-refractivity contribution < 1.29 is 14.6 Å². The quantitative estimate of drug-likeness (QED) is 0.801. The van der Waals surface area contributed by atoms with Gasteiger partial charge in [-0.3, -0.25) is 9.69 Å². The van der Waals surface area contributed by atoms with Gasteiger partial charge in [-0.1, -0.05) is 6.92 Å². The van der Waals surface area contributed by atoms with Crippen molar-refractivity contribution in [1.82, 2.24) is 9.80 Å². The second-order valence-corrected chi connectivity index (χ2v) is 8.17. The smallest absolute Gasteiger partial charge is 0.222 e. The van der Waals surface area contributed by atoms with Crippen molar-refractivity contribution in [3.05, 3.63) is 0 Å². The van der Waals surface area contributed by atoms with E-state index < -0.39 is 0 Å². The van der Waals surface area contributed by atoms with Gasteiger partial charge in [0.25, 0.3) is 0 Å². The Bertz CT molecular complexity index is 405. The van der Waals surface area contributed by atoms with Crippen LogP contribution < -0.4 is 0 Å². The van der Waals surface area contributed by atoms with E-state index in [-0.39, 0.29) is 12.5 Å². The number of amides is 1. The lowest BCUT2D eigenvalue weighted by Crippen LogP contribution is -2.49. The van der Waals surface area contributed by atoms with Crippen molar-refractivity contribution in [1.29, 1.82) is 0 Å². The van der Waals surface area contributed by atoms with E-state index in [0.29, 0.717) is 23.7 Å². The molecule has 2 heterocycles. The molecular formula is C18H32N2O3. The maximum atomic E-state index is 12.6. The summed E-state index contributed by atoms with van der Waals surface area (Å²) in [6.45, 7) is 8.74. The summed E-state index contributed by atoms with van der Waals surface area (Å²) < 4.78 is 5.41. The average molecular weight is 324 g/mol. The summed E-state index contributed by atoms with van der Waals surface area (Å²) in [4.78, 5) is 17.1. The van der Waals surface area contributed by atoms with Crippen molar-refractivity contribution in [3.8, 4) is 0 Å². The van der Waals surface area contributed by atoms with Gasteiger partial charge < -0.3 is 14.7 Å². The summed E-state index contributed by atoms with van der Waals surface area (Å²) in [6.07, 6.45) is 5.30. The predicted octanol–water partition coefficient (Wildman–Crippen LogP) is 1.36. The van der Waals surface area contributed by atoms with Gasteiger partial charge in [-0.15, -0.1) is 0 Å². The van der Waals surface area contributed by atoms with Crippen LogP contribution in [-0.2, 0) is 9.53 Å².